The van der Waals surface area contributed by atoms with Crippen molar-refractivity contribution in [1.29, 1.82) is 0 Å². The molecule has 2 aromatic rings. The molecule has 26 heavy (non-hydrogen) atoms. The second-order valence-electron chi connectivity index (χ2n) is 7.83. The number of Topliss-reactive ketones (excluding diaryl/α,β-unsaturated/α-hetero) is 2. The molecule has 2 aliphatic carbocycles. The lowest BCUT2D eigenvalue weighted by molar-refractivity contribution is -0.147. The van der Waals surface area contributed by atoms with E-state index in [1.807, 2.05) is 26.0 Å². The molecule has 0 unspecified atom stereocenters. The van der Waals surface area contributed by atoms with Gasteiger partial charge in [-0.2, -0.15) is 0 Å². The van der Waals surface area contributed by atoms with Crippen molar-refractivity contribution in [3.05, 3.63) is 18.2 Å². The molecule has 0 spiro atoms. The summed E-state index contributed by atoms with van der Waals surface area (Å²) in [5.41, 5.74) is -2.10. The molecule has 1 aromatic heterocycles. The van der Waals surface area contributed by atoms with E-state index in [0.29, 0.717) is 29.2 Å². The molecule has 1 aromatic carbocycles. The highest BCUT2D eigenvalue weighted by Crippen LogP contribution is 2.69. The topological polar surface area (TPSA) is 85.4 Å². The summed E-state index contributed by atoms with van der Waals surface area (Å²) in [7, 11) is 1.58. The molecule has 2 atom stereocenters. The van der Waals surface area contributed by atoms with Crippen LogP contribution >= 0.6 is 11.3 Å². The fourth-order valence-electron chi connectivity index (χ4n) is 4.56. The first-order valence-electron chi connectivity index (χ1n) is 8.53. The van der Waals surface area contributed by atoms with Crippen LogP contribution < -0.4 is 10.1 Å². The third-order valence-corrected chi connectivity index (χ3v) is 7.70. The van der Waals surface area contributed by atoms with E-state index in [1.165, 1.54) is 11.3 Å². The van der Waals surface area contributed by atoms with E-state index < -0.39 is 33.7 Å². The zero-order chi connectivity index (χ0) is 18.9. The lowest BCUT2D eigenvalue weighted by Crippen LogP contribution is -2.47. The number of nitrogens with zero attached hydrogens (tertiary/aromatic N) is 1. The molecule has 0 saturated heterocycles. The number of methoxy groups -OCH3 is 1. The van der Waals surface area contributed by atoms with Crippen molar-refractivity contribution in [3.63, 3.8) is 0 Å². The van der Waals surface area contributed by atoms with Gasteiger partial charge in [0.25, 0.3) is 0 Å². The normalized spacial score (nSPS) is 29.4. The molecule has 6 nitrogen and oxygen atoms in total. The van der Waals surface area contributed by atoms with Crippen LogP contribution in [0.4, 0.5) is 5.13 Å². The molecule has 0 aliphatic heterocycles. The summed E-state index contributed by atoms with van der Waals surface area (Å²) in [6.07, 6.45) is 0.945. The minimum absolute atomic E-state index is 0.394. The molecule has 4 rings (SSSR count). The highest BCUT2D eigenvalue weighted by molar-refractivity contribution is 7.22. The van der Waals surface area contributed by atoms with Gasteiger partial charge in [0.15, 0.2) is 5.13 Å². The van der Waals surface area contributed by atoms with Gasteiger partial charge in [-0.05, 0) is 30.4 Å². The van der Waals surface area contributed by atoms with Crippen LogP contribution in [-0.2, 0) is 14.4 Å². The minimum atomic E-state index is -1.31. The second kappa shape index (κ2) is 5.13. The maximum absolute atomic E-state index is 13.2. The van der Waals surface area contributed by atoms with Crippen molar-refractivity contribution >= 4 is 44.2 Å². The number of benzene rings is 1. The number of hydrogen-bond acceptors (Lipinski definition) is 6. The number of carbonyl (C=O) groups is 3. The quantitative estimate of drug-likeness (QED) is 0.660. The SMILES string of the molecule is COc1ccc2sc(NC(=O)[C@@]34CC[C@](C)(C(=O)C3=O)C4(C)C)nc2c1. The Hall–Kier alpha value is -2.28. The van der Waals surface area contributed by atoms with Crippen LogP contribution in [0.3, 0.4) is 0 Å². The number of rotatable bonds is 3. The fourth-order valence-corrected chi connectivity index (χ4v) is 5.41. The molecular formula is C19H20N2O4S. The van der Waals surface area contributed by atoms with Gasteiger partial charge in [-0.15, -0.1) is 0 Å². The van der Waals surface area contributed by atoms with Crippen molar-refractivity contribution < 1.29 is 19.1 Å². The van der Waals surface area contributed by atoms with Crippen LogP contribution in [0.15, 0.2) is 18.2 Å². The Morgan fingerprint density at radius 1 is 1.19 bits per heavy atom. The minimum Gasteiger partial charge on any atom is -0.497 e. The van der Waals surface area contributed by atoms with Crippen LogP contribution in [0.1, 0.15) is 33.6 Å². The largest absolute Gasteiger partial charge is 0.497 e. The summed E-state index contributed by atoms with van der Waals surface area (Å²) in [5, 5.41) is 3.23. The Labute approximate surface area is 154 Å². The lowest BCUT2D eigenvalue weighted by Gasteiger charge is -2.36. The highest BCUT2D eigenvalue weighted by atomic mass is 32.1. The summed E-state index contributed by atoms with van der Waals surface area (Å²) >= 11 is 1.33. The molecule has 1 heterocycles. The number of hydrogen-bond donors (Lipinski definition) is 1. The Bertz CT molecular complexity index is 979. The van der Waals surface area contributed by atoms with Crippen LogP contribution in [0.5, 0.6) is 5.75 Å². The van der Waals surface area contributed by atoms with Crippen molar-refractivity contribution in [3.8, 4) is 5.75 Å². The first-order chi connectivity index (χ1) is 12.2. The number of carbonyl (C=O) groups excluding carboxylic acids is 3. The number of amides is 1. The first-order valence-corrected chi connectivity index (χ1v) is 9.34. The van der Waals surface area contributed by atoms with Crippen molar-refractivity contribution in [1.82, 2.24) is 4.98 Å². The third-order valence-electron chi connectivity index (χ3n) is 6.74. The van der Waals surface area contributed by atoms with E-state index in [0.717, 1.165) is 4.70 Å². The Balaban J connectivity index is 1.70. The van der Waals surface area contributed by atoms with Crippen molar-refractivity contribution in [2.75, 3.05) is 12.4 Å². The Morgan fingerprint density at radius 3 is 2.54 bits per heavy atom. The maximum atomic E-state index is 13.2. The van der Waals surface area contributed by atoms with Gasteiger partial charge in [-0.3, -0.25) is 14.4 Å². The van der Waals surface area contributed by atoms with E-state index in [1.54, 1.807) is 20.1 Å². The van der Waals surface area contributed by atoms with E-state index in [2.05, 4.69) is 10.3 Å². The number of fused-ring (bicyclic) bond motifs is 3. The Morgan fingerprint density at radius 2 is 1.92 bits per heavy atom. The van der Waals surface area contributed by atoms with Crippen molar-refractivity contribution in [2.24, 2.45) is 16.2 Å². The number of ketones is 2. The molecule has 2 saturated carbocycles. The van der Waals surface area contributed by atoms with Gasteiger partial charge in [0.2, 0.25) is 17.5 Å². The average Bonchev–Trinajstić information content (AvgIpc) is 3.12. The van der Waals surface area contributed by atoms with Gasteiger partial charge in [0.05, 0.1) is 17.3 Å². The molecule has 136 valence electrons. The number of nitrogens with one attached hydrogen (secondary N) is 1. The van der Waals surface area contributed by atoms with E-state index in [9.17, 15) is 14.4 Å². The van der Waals surface area contributed by atoms with E-state index in [4.69, 9.17) is 4.74 Å². The summed E-state index contributed by atoms with van der Waals surface area (Å²) in [6, 6.07) is 5.50. The second-order valence-corrected chi connectivity index (χ2v) is 8.86. The predicted molar refractivity (Wildman–Crippen MR) is 98.4 cm³/mol. The lowest BCUT2D eigenvalue weighted by atomic mass is 9.64. The highest BCUT2D eigenvalue weighted by Gasteiger charge is 2.77. The summed E-state index contributed by atoms with van der Waals surface area (Å²) in [6.45, 7) is 5.51. The van der Waals surface area contributed by atoms with Gasteiger partial charge in [0.1, 0.15) is 11.2 Å². The number of aromatic nitrogens is 1. The van der Waals surface area contributed by atoms with Crippen molar-refractivity contribution in [2.45, 2.75) is 33.6 Å². The zero-order valence-corrected chi connectivity index (χ0v) is 16.0. The average molecular weight is 372 g/mol. The van der Waals surface area contributed by atoms with Crippen LogP contribution in [0.2, 0.25) is 0 Å². The fraction of sp³-hybridized carbons (Fsp3) is 0.474. The maximum Gasteiger partial charge on any atom is 0.240 e. The van der Waals surface area contributed by atoms with Gasteiger partial charge in [-0.25, -0.2) is 4.98 Å². The van der Waals surface area contributed by atoms with Crippen LogP contribution in [-0.4, -0.2) is 29.6 Å². The Kier molecular flexibility index (Phi) is 3.38. The zero-order valence-electron chi connectivity index (χ0n) is 15.1. The first kappa shape index (κ1) is 17.1. The number of anilines is 1. The molecular weight excluding hydrogens is 352 g/mol. The van der Waals surface area contributed by atoms with Gasteiger partial charge in [0, 0.05) is 11.5 Å². The number of thiazole rings is 1. The van der Waals surface area contributed by atoms with Gasteiger partial charge < -0.3 is 10.1 Å². The molecule has 2 fully saturated rings. The van der Waals surface area contributed by atoms with Crippen LogP contribution in [0.25, 0.3) is 10.2 Å². The molecule has 2 bridgehead atoms. The standard InChI is InChI=1S/C19H20N2O4S/c1-17(2)18(3)7-8-19(17,14(23)13(18)22)15(24)21-16-20-11-9-10(25-4)5-6-12(11)26-16/h5-6,9H,7-8H2,1-4H3,(H,20,21,24)/t18-,19-/m1/s1. The summed E-state index contributed by atoms with van der Waals surface area (Å²) in [4.78, 5) is 42.9. The van der Waals surface area contributed by atoms with Crippen LogP contribution in [0, 0.1) is 16.2 Å². The number of ether oxygens (including phenoxy) is 1. The van der Waals surface area contributed by atoms with E-state index in [-0.39, 0.29) is 0 Å². The van der Waals surface area contributed by atoms with Gasteiger partial charge >= 0.3 is 0 Å². The molecule has 1 amide bonds. The molecule has 1 N–H and O–H groups in total. The molecule has 7 heteroatoms. The van der Waals surface area contributed by atoms with E-state index >= 15 is 0 Å². The predicted octanol–water partition coefficient (Wildman–Crippen LogP) is 3.21. The smallest absolute Gasteiger partial charge is 0.240 e. The van der Waals surface area contributed by atoms with Gasteiger partial charge in [-0.1, -0.05) is 32.1 Å². The molecule has 0 radical (unpaired) electrons. The summed E-state index contributed by atoms with van der Waals surface area (Å²) in [5.74, 6) is -0.717. The summed E-state index contributed by atoms with van der Waals surface area (Å²) < 4.78 is 6.10. The third kappa shape index (κ3) is 1.81. The molecule has 2 aliphatic rings. The monoisotopic (exact) mass is 372 g/mol.